The molecule has 2 aromatic rings. The average molecular weight is 252 g/mol. The third kappa shape index (κ3) is 2.11. The fraction of sp³-hybridized carbons (Fsp3) is 0.273. The number of hydrogen-bond donors (Lipinski definition) is 1. The highest BCUT2D eigenvalue weighted by atomic mass is 35.5. The molecular weight excluding hydrogens is 242 g/mol. The Morgan fingerprint density at radius 3 is 2.94 bits per heavy atom. The number of nitrogens with one attached hydrogen (secondary N) is 1. The molecule has 0 saturated carbocycles. The molecule has 0 aromatic carbocycles. The van der Waals surface area contributed by atoms with Crippen molar-refractivity contribution in [1.29, 1.82) is 0 Å². The van der Waals surface area contributed by atoms with Gasteiger partial charge in [-0.25, -0.2) is 9.97 Å². The third-order valence-corrected chi connectivity index (χ3v) is 3.07. The van der Waals surface area contributed by atoms with E-state index in [2.05, 4.69) is 21.2 Å². The lowest BCUT2D eigenvalue weighted by molar-refractivity contribution is 0.737. The first-order chi connectivity index (χ1) is 7.52. The standard InChI is InChI=1S/C11H10ClN3S/c1-4-11(2,3)15-8-7-5-6-16-9(7)14-10(12)13-8/h1,5-6H,2-3H3,(H,13,14,15). The zero-order valence-corrected chi connectivity index (χ0v) is 10.5. The minimum atomic E-state index is -0.466. The van der Waals surface area contributed by atoms with Gasteiger partial charge >= 0.3 is 0 Å². The van der Waals surface area contributed by atoms with E-state index in [0.717, 1.165) is 10.2 Å². The molecule has 0 unspecified atom stereocenters. The van der Waals surface area contributed by atoms with E-state index in [1.807, 2.05) is 25.3 Å². The van der Waals surface area contributed by atoms with Gasteiger partial charge in [0.25, 0.3) is 0 Å². The minimum Gasteiger partial charge on any atom is -0.354 e. The predicted octanol–water partition coefficient (Wildman–Crippen LogP) is 3.17. The van der Waals surface area contributed by atoms with Crippen LogP contribution in [0.3, 0.4) is 0 Å². The van der Waals surface area contributed by atoms with Crippen molar-refractivity contribution < 1.29 is 0 Å². The maximum Gasteiger partial charge on any atom is 0.225 e. The maximum absolute atomic E-state index is 5.85. The second-order valence-electron chi connectivity index (χ2n) is 3.88. The summed E-state index contributed by atoms with van der Waals surface area (Å²) in [6.07, 6.45) is 5.43. The molecule has 3 nitrogen and oxygen atoms in total. The van der Waals surface area contributed by atoms with Gasteiger partial charge in [-0.05, 0) is 36.9 Å². The molecular formula is C11H10ClN3S. The summed E-state index contributed by atoms with van der Waals surface area (Å²) < 4.78 is 0. The van der Waals surface area contributed by atoms with Gasteiger partial charge in [0.1, 0.15) is 10.6 Å². The first-order valence-electron chi connectivity index (χ1n) is 4.68. The number of nitrogens with zero attached hydrogens (tertiary/aromatic N) is 2. The quantitative estimate of drug-likeness (QED) is 0.658. The van der Waals surface area contributed by atoms with E-state index < -0.39 is 5.54 Å². The Morgan fingerprint density at radius 2 is 2.25 bits per heavy atom. The highest BCUT2D eigenvalue weighted by molar-refractivity contribution is 7.16. The first kappa shape index (κ1) is 11.2. The Kier molecular flexibility index (Phi) is 2.75. The van der Waals surface area contributed by atoms with Crippen molar-refractivity contribution in [3.63, 3.8) is 0 Å². The largest absolute Gasteiger partial charge is 0.354 e. The molecule has 2 rings (SSSR count). The molecule has 0 spiro atoms. The SMILES string of the molecule is C#CC(C)(C)Nc1nc(Cl)nc2sccc12. The van der Waals surface area contributed by atoms with Crippen molar-refractivity contribution in [3.8, 4) is 12.3 Å². The van der Waals surface area contributed by atoms with Gasteiger partial charge in [0.15, 0.2) is 0 Å². The lowest BCUT2D eigenvalue weighted by atomic mass is 10.1. The Labute approximate surface area is 103 Å². The molecule has 82 valence electrons. The van der Waals surface area contributed by atoms with Gasteiger partial charge < -0.3 is 5.32 Å². The summed E-state index contributed by atoms with van der Waals surface area (Å²) in [5.74, 6) is 3.33. The molecule has 0 radical (unpaired) electrons. The second kappa shape index (κ2) is 3.93. The molecule has 0 atom stereocenters. The van der Waals surface area contributed by atoms with Gasteiger partial charge in [-0.15, -0.1) is 17.8 Å². The molecule has 2 heterocycles. The van der Waals surface area contributed by atoms with E-state index in [-0.39, 0.29) is 5.28 Å². The number of fused-ring (bicyclic) bond motifs is 1. The molecule has 0 saturated heterocycles. The summed E-state index contributed by atoms with van der Waals surface area (Å²) in [7, 11) is 0. The lowest BCUT2D eigenvalue weighted by Gasteiger charge is -2.20. The number of thiophene rings is 1. The normalized spacial score (nSPS) is 11.4. The Morgan fingerprint density at radius 1 is 1.50 bits per heavy atom. The summed E-state index contributed by atoms with van der Waals surface area (Å²) in [5, 5.41) is 6.29. The summed E-state index contributed by atoms with van der Waals surface area (Å²) in [5.41, 5.74) is -0.466. The highest BCUT2D eigenvalue weighted by Crippen LogP contribution is 2.28. The molecule has 16 heavy (non-hydrogen) atoms. The monoisotopic (exact) mass is 251 g/mol. The van der Waals surface area contributed by atoms with E-state index in [0.29, 0.717) is 5.82 Å². The molecule has 0 aliphatic carbocycles. The van der Waals surface area contributed by atoms with Crippen molar-refractivity contribution >= 4 is 39.0 Å². The van der Waals surface area contributed by atoms with Gasteiger partial charge in [0.2, 0.25) is 5.28 Å². The first-order valence-corrected chi connectivity index (χ1v) is 5.94. The van der Waals surface area contributed by atoms with Crippen LogP contribution in [0.5, 0.6) is 0 Å². The number of hydrogen-bond acceptors (Lipinski definition) is 4. The van der Waals surface area contributed by atoms with E-state index in [1.54, 1.807) is 0 Å². The van der Waals surface area contributed by atoms with Crippen LogP contribution >= 0.6 is 22.9 Å². The van der Waals surface area contributed by atoms with E-state index >= 15 is 0 Å². The summed E-state index contributed by atoms with van der Waals surface area (Å²) in [6.45, 7) is 3.81. The van der Waals surface area contributed by atoms with E-state index in [9.17, 15) is 0 Å². The summed E-state index contributed by atoms with van der Waals surface area (Å²) in [6, 6.07) is 1.95. The number of anilines is 1. The van der Waals surface area contributed by atoms with Crippen LogP contribution in [0.2, 0.25) is 5.28 Å². The third-order valence-electron chi connectivity index (χ3n) is 2.09. The van der Waals surface area contributed by atoms with Crippen LogP contribution in [0, 0.1) is 12.3 Å². The van der Waals surface area contributed by atoms with Gasteiger partial charge in [-0.1, -0.05) is 5.92 Å². The van der Waals surface area contributed by atoms with Crippen LogP contribution in [-0.4, -0.2) is 15.5 Å². The molecule has 0 amide bonds. The number of aromatic nitrogens is 2. The Bertz CT molecular complexity index is 568. The van der Waals surface area contributed by atoms with Crippen LogP contribution in [-0.2, 0) is 0 Å². The molecule has 0 bridgehead atoms. The van der Waals surface area contributed by atoms with Crippen LogP contribution in [0.1, 0.15) is 13.8 Å². The van der Waals surface area contributed by atoms with Crippen molar-refractivity contribution in [3.05, 3.63) is 16.7 Å². The topological polar surface area (TPSA) is 37.8 Å². The van der Waals surface area contributed by atoms with Crippen LogP contribution in [0.25, 0.3) is 10.2 Å². The minimum absolute atomic E-state index is 0.227. The zero-order chi connectivity index (χ0) is 11.8. The second-order valence-corrected chi connectivity index (χ2v) is 5.11. The summed E-state index contributed by atoms with van der Waals surface area (Å²) in [4.78, 5) is 9.15. The van der Waals surface area contributed by atoms with Crippen molar-refractivity contribution in [2.75, 3.05) is 5.32 Å². The summed E-state index contributed by atoms with van der Waals surface area (Å²) >= 11 is 7.37. The Hall–Kier alpha value is -1.31. The van der Waals surface area contributed by atoms with E-state index in [1.165, 1.54) is 11.3 Å². The van der Waals surface area contributed by atoms with Crippen molar-refractivity contribution in [2.24, 2.45) is 0 Å². The van der Waals surface area contributed by atoms with Crippen LogP contribution in [0.4, 0.5) is 5.82 Å². The lowest BCUT2D eigenvalue weighted by Crippen LogP contribution is -2.29. The molecule has 2 aromatic heterocycles. The van der Waals surface area contributed by atoms with Crippen molar-refractivity contribution in [1.82, 2.24) is 9.97 Å². The molecule has 0 fully saturated rings. The van der Waals surface area contributed by atoms with Gasteiger partial charge in [-0.3, -0.25) is 0 Å². The fourth-order valence-corrected chi connectivity index (χ4v) is 2.24. The van der Waals surface area contributed by atoms with Crippen molar-refractivity contribution in [2.45, 2.75) is 19.4 Å². The van der Waals surface area contributed by atoms with Gasteiger partial charge in [0, 0.05) is 0 Å². The molecule has 1 N–H and O–H groups in total. The highest BCUT2D eigenvalue weighted by Gasteiger charge is 2.17. The fourth-order valence-electron chi connectivity index (χ4n) is 1.26. The van der Waals surface area contributed by atoms with Gasteiger partial charge in [0.05, 0.1) is 10.9 Å². The smallest absolute Gasteiger partial charge is 0.225 e. The van der Waals surface area contributed by atoms with Crippen LogP contribution in [0.15, 0.2) is 11.4 Å². The molecule has 0 aliphatic heterocycles. The maximum atomic E-state index is 5.85. The van der Waals surface area contributed by atoms with E-state index in [4.69, 9.17) is 18.0 Å². The molecule has 5 heteroatoms. The predicted molar refractivity (Wildman–Crippen MR) is 69.0 cm³/mol. The zero-order valence-electron chi connectivity index (χ0n) is 8.91. The molecule has 0 aliphatic rings. The number of halogens is 1. The van der Waals surface area contributed by atoms with Crippen LogP contribution < -0.4 is 5.32 Å². The average Bonchev–Trinajstić information content (AvgIpc) is 2.65. The Balaban J connectivity index is 2.52. The number of rotatable bonds is 2. The number of terminal acetylenes is 1. The van der Waals surface area contributed by atoms with Gasteiger partial charge in [-0.2, -0.15) is 0 Å².